The van der Waals surface area contributed by atoms with Crippen molar-refractivity contribution in [1.29, 1.82) is 0 Å². The van der Waals surface area contributed by atoms with Crippen molar-refractivity contribution < 1.29 is 4.79 Å². The summed E-state index contributed by atoms with van der Waals surface area (Å²) in [4.78, 5) is 25.2. The summed E-state index contributed by atoms with van der Waals surface area (Å²) < 4.78 is 0. The summed E-state index contributed by atoms with van der Waals surface area (Å²) in [6.07, 6.45) is 1.27. The van der Waals surface area contributed by atoms with E-state index in [1.807, 2.05) is 19.1 Å². The first-order valence-corrected chi connectivity index (χ1v) is 10.2. The fourth-order valence-electron chi connectivity index (χ4n) is 2.75. The number of thioether (sulfide) groups is 1. The van der Waals surface area contributed by atoms with E-state index >= 15 is 0 Å². The Morgan fingerprint density at radius 3 is 2.79 bits per heavy atom. The highest BCUT2D eigenvalue weighted by atomic mass is 32.2. The Kier molecular flexibility index (Phi) is 6.88. The molecule has 3 rings (SSSR count). The smallest absolute Gasteiger partial charge is 0.243 e. The maximum absolute atomic E-state index is 11.3. The highest BCUT2D eigenvalue weighted by Gasteiger charge is 2.17. The first-order chi connectivity index (χ1) is 13.5. The van der Waals surface area contributed by atoms with Crippen LogP contribution in [0.1, 0.15) is 5.69 Å². The lowest BCUT2D eigenvalue weighted by Gasteiger charge is -2.33. The average molecular weight is 403 g/mol. The molecule has 1 aliphatic rings. The molecule has 0 spiro atoms. The number of amides is 1. The van der Waals surface area contributed by atoms with Gasteiger partial charge in [-0.25, -0.2) is 9.97 Å². The number of hydrogen-bond donors (Lipinski definition) is 3. The molecule has 1 saturated heterocycles. The summed E-state index contributed by atoms with van der Waals surface area (Å²) in [6, 6.07) is 3.89. The molecule has 9 nitrogen and oxygen atoms in total. The number of hydrogen-bond acceptors (Lipinski definition) is 8. The zero-order valence-electron chi connectivity index (χ0n) is 16.2. The van der Waals surface area contributed by atoms with Gasteiger partial charge in [-0.15, -0.1) is 0 Å². The predicted molar refractivity (Wildman–Crippen MR) is 112 cm³/mol. The zero-order valence-corrected chi connectivity index (χ0v) is 17.1. The number of anilines is 3. The van der Waals surface area contributed by atoms with Crippen LogP contribution >= 0.6 is 11.8 Å². The number of aromatic amines is 1. The van der Waals surface area contributed by atoms with Crippen molar-refractivity contribution in [3.05, 3.63) is 30.5 Å². The monoisotopic (exact) mass is 402 g/mol. The topological polar surface area (TPSA) is 102 Å². The Bertz CT molecular complexity index is 816. The molecular formula is C18H26N8OS. The third-order valence-electron chi connectivity index (χ3n) is 4.31. The van der Waals surface area contributed by atoms with Gasteiger partial charge in [0, 0.05) is 50.6 Å². The molecule has 1 aliphatic heterocycles. The van der Waals surface area contributed by atoms with Gasteiger partial charge in [0.2, 0.25) is 5.91 Å². The van der Waals surface area contributed by atoms with Crippen molar-refractivity contribution >= 4 is 35.1 Å². The van der Waals surface area contributed by atoms with E-state index in [4.69, 9.17) is 4.98 Å². The van der Waals surface area contributed by atoms with E-state index in [9.17, 15) is 4.79 Å². The van der Waals surface area contributed by atoms with E-state index in [2.05, 4.69) is 49.2 Å². The Balaban J connectivity index is 1.73. The fourth-order valence-corrected chi connectivity index (χ4v) is 3.46. The van der Waals surface area contributed by atoms with E-state index in [0.717, 1.165) is 43.5 Å². The van der Waals surface area contributed by atoms with Crippen molar-refractivity contribution in [2.24, 2.45) is 0 Å². The van der Waals surface area contributed by atoms with Crippen molar-refractivity contribution in [3.63, 3.8) is 0 Å². The first kappa shape index (κ1) is 20.2. The van der Waals surface area contributed by atoms with Gasteiger partial charge in [0.25, 0.3) is 0 Å². The first-order valence-electron chi connectivity index (χ1n) is 9.18. The fraction of sp³-hybridized carbons (Fsp3) is 0.444. The Morgan fingerprint density at radius 2 is 2.11 bits per heavy atom. The van der Waals surface area contributed by atoms with Crippen molar-refractivity contribution in [2.45, 2.75) is 12.1 Å². The second-order valence-electron chi connectivity index (χ2n) is 6.58. The standard InChI is InChI=1S/C18H26N8OS/c1-4-17(27)19-5-10-28-18-21-14(20-15-11-13(2)23-24-15)12-16(22-18)26-8-6-25(3)7-9-26/h4,11-12H,1,5-10H2,2-3H3,(H,19,27)(H2,20,21,22,23,24). The number of aryl methyl sites for hydroxylation is 1. The molecule has 0 unspecified atom stereocenters. The molecule has 3 heterocycles. The van der Waals surface area contributed by atoms with Gasteiger partial charge < -0.3 is 20.4 Å². The van der Waals surface area contributed by atoms with Gasteiger partial charge in [0.15, 0.2) is 5.16 Å². The number of piperazine rings is 1. The van der Waals surface area contributed by atoms with E-state index in [1.165, 1.54) is 17.8 Å². The van der Waals surface area contributed by atoms with Crippen LogP contribution in [0, 0.1) is 6.92 Å². The minimum absolute atomic E-state index is 0.176. The number of aromatic nitrogens is 4. The lowest BCUT2D eigenvalue weighted by atomic mass is 10.3. The molecule has 3 N–H and O–H groups in total. The molecule has 1 amide bonds. The van der Waals surface area contributed by atoms with Crippen LogP contribution in [0.3, 0.4) is 0 Å². The lowest BCUT2D eigenvalue weighted by molar-refractivity contribution is -0.116. The Morgan fingerprint density at radius 1 is 1.32 bits per heavy atom. The van der Waals surface area contributed by atoms with Crippen molar-refractivity contribution in [2.75, 3.05) is 55.7 Å². The second kappa shape index (κ2) is 9.56. The summed E-state index contributed by atoms with van der Waals surface area (Å²) in [7, 11) is 2.13. The van der Waals surface area contributed by atoms with Crippen molar-refractivity contribution in [3.8, 4) is 0 Å². The number of carbonyl (C=O) groups excluding carboxylic acids is 1. The molecule has 150 valence electrons. The lowest BCUT2D eigenvalue weighted by Crippen LogP contribution is -2.44. The van der Waals surface area contributed by atoms with Crippen LogP contribution in [0.4, 0.5) is 17.5 Å². The molecule has 0 radical (unpaired) electrons. The number of rotatable bonds is 8. The van der Waals surface area contributed by atoms with E-state index in [0.29, 0.717) is 23.3 Å². The van der Waals surface area contributed by atoms with Gasteiger partial charge >= 0.3 is 0 Å². The maximum atomic E-state index is 11.3. The molecule has 2 aromatic rings. The van der Waals surface area contributed by atoms with Gasteiger partial charge in [-0.3, -0.25) is 9.89 Å². The third-order valence-corrected chi connectivity index (χ3v) is 5.15. The molecule has 0 aromatic carbocycles. The molecular weight excluding hydrogens is 376 g/mol. The maximum Gasteiger partial charge on any atom is 0.243 e. The van der Waals surface area contributed by atoms with Gasteiger partial charge in [-0.2, -0.15) is 5.10 Å². The van der Waals surface area contributed by atoms with Crippen LogP contribution in [0.15, 0.2) is 29.9 Å². The predicted octanol–water partition coefficient (Wildman–Crippen LogP) is 1.40. The molecule has 0 atom stereocenters. The number of likely N-dealkylation sites (N-methyl/N-ethyl adjacent to an activating group) is 1. The van der Waals surface area contributed by atoms with Gasteiger partial charge in [0.1, 0.15) is 17.5 Å². The number of nitrogens with zero attached hydrogens (tertiary/aromatic N) is 5. The quantitative estimate of drug-likeness (QED) is 0.264. The highest BCUT2D eigenvalue weighted by molar-refractivity contribution is 7.99. The van der Waals surface area contributed by atoms with E-state index in [-0.39, 0.29) is 5.91 Å². The Labute approximate surface area is 169 Å². The molecule has 28 heavy (non-hydrogen) atoms. The largest absolute Gasteiger partial charge is 0.354 e. The molecule has 0 bridgehead atoms. The normalized spacial score (nSPS) is 14.7. The summed E-state index contributed by atoms with van der Waals surface area (Å²) >= 11 is 1.51. The highest BCUT2D eigenvalue weighted by Crippen LogP contribution is 2.24. The molecule has 10 heteroatoms. The SMILES string of the molecule is C=CC(=O)NCCSc1nc(Nc2cc(C)n[nH]2)cc(N2CCN(C)CC2)n1. The van der Waals surface area contributed by atoms with Crippen LogP contribution in [0.2, 0.25) is 0 Å². The van der Waals surface area contributed by atoms with Crippen LogP contribution < -0.4 is 15.5 Å². The minimum atomic E-state index is -0.176. The molecule has 2 aromatic heterocycles. The van der Waals surface area contributed by atoms with Gasteiger partial charge in [-0.1, -0.05) is 18.3 Å². The third kappa shape index (κ3) is 5.70. The zero-order chi connectivity index (χ0) is 19.9. The van der Waals surface area contributed by atoms with Crippen molar-refractivity contribution in [1.82, 2.24) is 30.4 Å². The molecule has 0 aliphatic carbocycles. The number of H-pyrrole nitrogens is 1. The number of carbonyl (C=O) groups is 1. The molecule has 0 saturated carbocycles. The number of nitrogens with one attached hydrogen (secondary N) is 3. The molecule has 1 fully saturated rings. The van der Waals surface area contributed by atoms with Crippen LogP contribution in [-0.2, 0) is 4.79 Å². The van der Waals surface area contributed by atoms with Crippen LogP contribution in [0.5, 0.6) is 0 Å². The summed E-state index contributed by atoms with van der Waals surface area (Å²) in [5.41, 5.74) is 0.906. The Hall–Kier alpha value is -2.59. The van der Waals surface area contributed by atoms with Gasteiger partial charge in [0.05, 0.1) is 5.69 Å². The summed E-state index contributed by atoms with van der Waals surface area (Å²) in [5, 5.41) is 13.8. The van der Waals surface area contributed by atoms with E-state index < -0.39 is 0 Å². The average Bonchev–Trinajstić information content (AvgIpc) is 3.10. The second-order valence-corrected chi connectivity index (χ2v) is 7.64. The van der Waals surface area contributed by atoms with E-state index in [1.54, 1.807) is 0 Å². The van der Waals surface area contributed by atoms with Crippen LogP contribution in [0.25, 0.3) is 0 Å². The van der Waals surface area contributed by atoms with Gasteiger partial charge in [-0.05, 0) is 20.0 Å². The van der Waals surface area contributed by atoms with Crippen LogP contribution in [-0.4, -0.2) is 76.5 Å². The summed E-state index contributed by atoms with van der Waals surface area (Å²) in [5.74, 6) is 2.90. The minimum Gasteiger partial charge on any atom is -0.354 e. The summed E-state index contributed by atoms with van der Waals surface area (Å²) in [6.45, 7) is 9.76.